The largest absolute Gasteiger partial charge is 0.351 e. The average Bonchev–Trinajstić information content (AvgIpc) is 2.99. The Kier molecular flexibility index (Phi) is 11.8. The molecule has 0 radical (unpaired) electrons. The first-order valence-electron chi connectivity index (χ1n) is 9.46. The van der Waals surface area contributed by atoms with Crippen molar-refractivity contribution in [3.05, 3.63) is 37.8 Å². The molecule has 0 unspecified atom stereocenters. The Balaban J connectivity index is 2.33. The number of thioether (sulfide) groups is 1. The van der Waals surface area contributed by atoms with Crippen molar-refractivity contribution in [2.45, 2.75) is 46.4 Å². The highest BCUT2D eigenvalue weighted by Crippen LogP contribution is 2.23. The standard InChI is InChI=1S/C18H32N6O2S2/c1-6-23(7-2)12-17-21-16(15(5)28-17)13-27-10-8-9-19-18(22-24(25)26)20-11-14(3)4/h3,6-13H2,1-2,4-5H3,(H2,19,20,22). The van der Waals surface area contributed by atoms with E-state index in [0.29, 0.717) is 13.1 Å². The van der Waals surface area contributed by atoms with Crippen molar-refractivity contribution in [1.82, 2.24) is 20.5 Å². The van der Waals surface area contributed by atoms with Gasteiger partial charge in [0, 0.05) is 23.7 Å². The van der Waals surface area contributed by atoms with Crippen LogP contribution in [0.3, 0.4) is 0 Å². The summed E-state index contributed by atoms with van der Waals surface area (Å²) in [4.78, 5) is 19.0. The van der Waals surface area contributed by atoms with E-state index in [9.17, 15) is 10.1 Å². The summed E-state index contributed by atoms with van der Waals surface area (Å²) < 4.78 is 0. The predicted molar refractivity (Wildman–Crippen MR) is 120 cm³/mol. The Labute approximate surface area is 176 Å². The highest BCUT2D eigenvalue weighted by molar-refractivity contribution is 7.98. The lowest BCUT2D eigenvalue weighted by molar-refractivity contribution is -0.485. The van der Waals surface area contributed by atoms with Crippen LogP contribution in [0.5, 0.6) is 0 Å². The zero-order valence-corrected chi connectivity index (χ0v) is 18.9. The van der Waals surface area contributed by atoms with E-state index in [1.54, 1.807) is 11.3 Å². The van der Waals surface area contributed by atoms with E-state index < -0.39 is 5.03 Å². The second-order valence-corrected chi connectivity index (χ2v) is 8.79. The summed E-state index contributed by atoms with van der Waals surface area (Å²) in [5.74, 6) is 2.01. The fourth-order valence-corrected chi connectivity index (χ4v) is 4.38. The molecular formula is C18H32N6O2S2. The summed E-state index contributed by atoms with van der Waals surface area (Å²) in [6, 6.07) is 0. The number of aryl methyl sites for hydroxylation is 1. The maximum atomic E-state index is 10.6. The Bertz CT molecular complexity index is 659. The van der Waals surface area contributed by atoms with Gasteiger partial charge < -0.3 is 10.6 Å². The van der Waals surface area contributed by atoms with Crippen LogP contribution in [0, 0.1) is 17.0 Å². The van der Waals surface area contributed by atoms with Crippen molar-refractivity contribution in [1.29, 1.82) is 0 Å². The molecule has 0 atom stereocenters. The van der Waals surface area contributed by atoms with Crippen LogP contribution in [0.4, 0.5) is 0 Å². The molecule has 0 aliphatic carbocycles. The van der Waals surface area contributed by atoms with Crippen LogP contribution >= 0.6 is 23.1 Å². The molecule has 2 N–H and O–H groups in total. The topological polar surface area (TPSA) is 95.7 Å². The number of nitrogens with one attached hydrogen (secondary N) is 2. The number of nitro groups is 1. The molecule has 158 valence electrons. The average molecular weight is 429 g/mol. The van der Waals surface area contributed by atoms with Crippen LogP contribution < -0.4 is 10.6 Å². The third-order valence-corrected chi connectivity index (χ3v) is 5.98. The quantitative estimate of drug-likeness (QED) is 0.124. The second-order valence-electron chi connectivity index (χ2n) is 6.40. The maximum Gasteiger partial charge on any atom is 0.269 e. The van der Waals surface area contributed by atoms with Crippen molar-refractivity contribution < 1.29 is 5.03 Å². The maximum absolute atomic E-state index is 10.6. The Morgan fingerprint density at radius 1 is 1.39 bits per heavy atom. The highest BCUT2D eigenvalue weighted by Gasteiger charge is 2.10. The molecule has 0 aliphatic heterocycles. The lowest BCUT2D eigenvalue weighted by Crippen LogP contribution is -2.39. The summed E-state index contributed by atoms with van der Waals surface area (Å²) in [5, 5.41) is 20.2. The third kappa shape index (κ3) is 10.0. The summed E-state index contributed by atoms with van der Waals surface area (Å²) in [6.45, 7) is 16.2. The number of hydrogen-bond donors (Lipinski definition) is 2. The number of guanidine groups is 1. The van der Waals surface area contributed by atoms with Crippen LogP contribution in [-0.2, 0) is 12.3 Å². The number of hydrogen-bond acceptors (Lipinski definition) is 6. The van der Waals surface area contributed by atoms with Gasteiger partial charge in [-0.15, -0.1) is 11.3 Å². The summed E-state index contributed by atoms with van der Waals surface area (Å²) >= 11 is 3.62. The summed E-state index contributed by atoms with van der Waals surface area (Å²) in [5.41, 5.74) is 2.05. The minimum absolute atomic E-state index is 0.175. The summed E-state index contributed by atoms with van der Waals surface area (Å²) in [6.07, 6.45) is 0.881. The van der Waals surface area contributed by atoms with Gasteiger partial charge in [0.25, 0.3) is 5.96 Å². The van der Waals surface area contributed by atoms with Gasteiger partial charge in [0.05, 0.1) is 12.2 Å². The molecule has 28 heavy (non-hydrogen) atoms. The number of aromatic nitrogens is 1. The lowest BCUT2D eigenvalue weighted by atomic mass is 10.3. The zero-order chi connectivity index (χ0) is 20.9. The van der Waals surface area contributed by atoms with Crippen LogP contribution in [-0.4, -0.2) is 52.8 Å². The molecule has 1 rings (SSSR count). The van der Waals surface area contributed by atoms with Gasteiger partial charge >= 0.3 is 0 Å². The van der Waals surface area contributed by atoms with E-state index in [2.05, 4.69) is 48.0 Å². The summed E-state index contributed by atoms with van der Waals surface area (Å²) in [7, 11) is 0. The number of thiazole rings is 1. The van der Waals surface area contributed by atoms with E-state index in [0.717, 1.165) is 43.1 Å². The van der Waals surface area contributed by atoms with Crippen LogP contribution in [0.15, 0.2) is 17.3 Å². The van der Waals surface area contributed by atoms with E-state index >= 15 is 0 Å². The Morgan fingerprint density at radius 3 is 2.71 bits per heavy atom. The molecule has 0 fully saturated rings. The Hall–Kier alpha value is -1.65. The molecule has 10 heteroatoms. The van der Waals surface area contributed by atoms with Crippen LogP contribution in [0.1, 0.15) is 42.8 Å². The van der Waals surface area contributed by atoms with Crippen molar-refractivity contribution in [2.24, 2.45) is 5.10 Å². The van der Waals surface area contributed by atoms with E-state index in [4.69, 9.17) is 4.98 Å². The number of hydrazone groups is 1. The normalized spacial score (nSPS) is 11.7. The molecule has 1 aromatic rings. The molecule has 0 aliphatic rings. The van der Waals surface area contributed by atoms with Gasteiger partial charge in [0.1, 0.15) is 10.1 Å². The van der Waals surface area contributed by atoms with Gasteiger partial charge in [-0.05, 0) is 39.1 Å². The smallest absolute Gasteiger partial charge is 0.269 e. The van der Waals surface area contributed by atoms with Gasteiger partial charge in [-0.1, -0.05) is 26.0 Å². The molecule has 0 bridgehead atoms. The van der Waals surface area contributed by atoms with E-state index in [-0.39, 0.29) is 5.96 Å². The van der Waals surface area contributed by atoms with Crippen LogP contribution in [0.2, 0.25) is 0 Å². The van der Waals surface area contributed by atoms with E-state index in [1.807, 2.05) is 18.7 Å². The second kappa shape index (κ2) is 13.5. The minimum atomic E-state index is -0.705. The molecule has 0 amide bonds. The SMILES string of the molecule is C=C(C)CNC(=N[N+](=O)[O-])NCCCSCc1nc(CN(CC)CC)sc1C. The van der Waals surface area contributed by atoms with Gasteiger partial charge in [0.2, 0.25) is 0 Å². The molecule has 0 aromatic carbocycles. The molecule has 8 nitrogen and oxygen atoms in total. The zero-order valence-electron chi connectivity index (χ0n) is 17.3. The van der Waals surface area contributed by atoms with Gasteiger partial charge in [-0.3, -0.25) is 4.90 Å². The van der Waals surface area contributed by atoms with Crippen molar-refractivity contribution in [3.8, 4) is 0 Å². The predicted octanol–water partition coefficient (Wildman–Crippen LogP) is 3.22. The molecule has 0 saturated heterocycles. The van der Waals surface area contributed by atoms with Gasteiger partial charge in [0.15, 0.2) is 5.03 Å². The fraction of sp³-hybridized carbons (Fsp3) is 0.667. The first-order chi connectivity index (χ1) is 13.3. The van der Waals surface area contributed by atoms with E-state index in [1.165, 1.54) is 15.6 Å². The van der Waals surface area contributed by atoms with Crippen molar-refractivity contribution >= 4 is 29.1 Å². The van der Waals surface area contributed by atoms with Crippen LogP contribution in [0.25, 0.3) is 0 Å². The molecule has 0 spiro atoms. The van der Waals surface area contributed by atoms with Gasteiger partial charge in [-0.25, -0.2) is 15.1 Å². The first kappa shape index (κ1) is 24.4. The van der Waals surface area contributed by atoms with Crippen molar-refractivity contribution in [2.75, 3.05) is 31.9 Å². The monoisotopic (exact) mass is 428 g/mol. The molecule has 0 saturated carbocycles. The molecule has 1 aromatic heterocycles. The van der Waals surface area contributed by atoms with Gasteiger partial charge in [-0.2, -0.15) is 11.8 Å². The minimum Gasteiger partial charge on any atom is -0.351 e. The first-order valence-corrected chi connectivity index (χ1v) is 11.4. The molecule has 1 heterocycles. The lowest BCUT2D eigenvalue weighted by Gasteiger charge is -2.15. The fourth-order valence-electron chi connectivity index (χ4n) is 2.33. The van der Waals surface area contributed by atoms with Crippen molar-refractivity contribution in [3.63, 3.8) is 0 Å². The highest BCUT2D eigenvalue weighted by atomic mass is 32.2. The number of nitrogens with zero attached hydrogens (tertiary/aromatic N) is 4. The number of rotatable bonds is 13. The third-order valence-electron chi connectivity index (χ3n) is 3.93. The molecular weight excluding hydrogens is 396 g/mol. The Morgan fingerprint density at radius 2 is 2.11 bits per heavy atom.